The summed E-state index contributed by atoms with van der Waals surface area (Å²) in [5, 5.41) is -0.149. The maximum absolute atomic E-state index is 11.7. The third kappa shape index (κ3) is 4.26. The molecular formula is C7H12ClN3O4S2. The van der Waals surface area contributed by atoms with Gasteiger partial charge in [0.05, 0.1) is 5.75 Å². The Morgan fingerprint density at radius 2 is 2.00 bits per heavy atom. The van der Waals surface area contributed by atoms with Crippen molar-refractivity contribution >= 4 is 29.8 Å². The van der Waals surface area contributed by atoms with Gasteiger partial charge in [0, 0.05) is 30.5 Å². The van der Waals surface area contributed by atoms with E-state index < -0.39 is 24.8 Å². The number of nitrogens with one attached hydrogen (secondary N) is 1. The summed E-state index contributed by atoms with van der Waals surface area (Å²) in [5.41, 5.74) is 0. The first kappa shape index (κ1) is 14.4. The quantitative estimate of drug-likeness (QED) is 0.745. The van der Waals surface area contributed by atoms with E-state index in [0.717, 1.165) is 0 Å². The summed E-state index contributed by atoms with van der Waals surface area (Å²) in [4.78, 5) is 3.83. The molecule has 1 heterocycles. The number of hydrogen-bond acceptors (Lipinski definition) is 5. The van der Waals surface area contributed by atoms with Crippen LogP contribution in [0.5, 0.6) is 0 Å². The average molecular weight is 302 g/mol. The van der Waals surface area contributed by atoms with Gasteiger partial charge in [-0.25, -0.2) is 26.5 Å². The van der Waals surface area contributed by atoms with E-state index in [2.05, 4.69) is 9.71 Å². The predicted molar refractivity (Wildman–Crippen MR) is 62.8 cm³/mol. The van der Waals surface area contributed by atoms with Crippen LogP contribution in [-0.2, 0) is 26.1 Å². The zero-order chi connectivity index (χ0) is 13.3. The molecule has 17 heavy (non-hydrogen) atoms. The fourth-order valence-electron chi connectivity index (χ4n) is 1.03. The first-order valence-electron chi connectivity index (χ1n) is 4.54. The van der Waals surface area contributed by atoms with Crippen molar-refractivity contribution in [3.05, 3.63) is 12.0 Å². The van der Waals surface area contributed by atoms with E-state index in [1.807, 2.05) is 0 Å². The van der Waals surface area contributed by atoms with Gasteiger partial charge in [0.25, 0.3) is 10.0 Å². The topological polar surface area (TPSA) is 98.1 Å². The molecule has 0 unspecified atom stereocenters. The summed E-state index contributed by atoms with van der Waals surface area (Å²) in [7, 11) is -0.889. The highest BCUT2D eigenvalue weighted by Crippen LogP contribution is 2.07. The Morgan fingerprint density at radius 1 is 1.41 bits per heavy atom. The van der Waals surface area contributed by atoms with Gasteiger partial charge in [-0.2, -0.15) is 0 Å². The second-order valence-electron chi connectivity index (χ2n) is 3.38. The minimum absolute atomic E-state index is 0.149. The van der Waals surface area contributed by atoms with Crippen LogP contribution in [-0.4, -0.2) is 38.7 Å². The van der Waals surface area contributed by atoms with Crippen LogP contribution < -0.4 is 4.72 Å². The van der Waals surface area contributed by atoms with Gasteiger partial charge >= 0.3 is 0 Å². The molecule has 0 spiro atoms. The normalized spacial score (nSPS) is 12.9. The first-order chi connectivity index (χ1) is 7.62. The number of aryl methyl sites for hydroxylation is 2. The Bertz CT molecular complexity index is 586. The lowest BCUT2D eigenvalue weighted by molar-refractivity contribution is 0.579. The molecule has 0 atom stereocenters. The van der Waals surface area contributed by atoms with Gasteiger partial charge in [-0.3, -0.25) is 0 Å². The molecule has 1 aromatic rings. The Labute approximate surface area is 104 Å². The molecule has 0 fully saturated rings. The van der Waals surface area contributed by atoms with Gasteiger partial charge in [-0.05, 0) is 6.92 Å². The van der Waals surface area contributed by atoms with Crippen LogP contribution in [0.4, 0.5) is 0 Å². The van der Waals surface area contributed by atoms with Crippen molar-refractivity contribution in [3.63, 3.8) is 0 Å². The molecule has 0 bridgehead atoms. The smallest absolute Gasteiger partial charge is 0.259 e. The van der Waals surface area contributed by atoms with Crippen molar-refractivity contribution in [1.29, 1.82) is 0 Å². The third-order valence-corrected chi connectivity index (χ3v) is 4.49. The molecule has 0 aliphatic heterocycles. The van der Waals surface area contributed by atoms with Gasteiger partial charge in [-0.15, -0.1) is 0 Å². The third-order valence-electron chi connectivity index (χ3n) is 2.00. The molecule has 0 aliphatic rings. The van der Waals surface area contributed by atoms with Gasteiger partial charge in [0.15, 0.2) is 5.03 Å². The summed E-state index contributed by atoms with van der Waals surface area (Å²) in [6.07, 6.45) is 1.34. The standard InChI is InChI=1S/C7H12ClN3O4S2/c1-6-10-7(5-11(6)2)17(14,15)9-3-4-16(8,12)13/h5,9H,3-4H2,1-2H3. The number of imidazole rings is 1. The molecule has 0 amide bonds. The van der Waals surface area contributed by atoms with Gasteiger partial charge in [-0.1, -0.05) is 0 Å². The summed E-state index contributed by atoms with van der Waals surface area (Å²) in [6.45, 7) is 1.37. The summed E-state index contributed by atoms with van der Waals surface area (Å²) >= 11 is 0. The molecular weight excluding hydrogens is 290 g/mol. The van der Waals surface area contributed by atoms with E-state index in [0.29, 0.717) is 5.82 Å². The fourth-order valence-corrected chi connectivity index (χ4v) is 2.80. The number of rotatable bonds is 5. The van der Waals surface area contributed by atoms with Crippen LogP contribution in [0.2, 0.25) is 0 Å². The number of hydrogen-bond donors (Lipinski definition) is 1. The zero-order valence-electron chi connectivity index (χ0n) is 9.21. The molecule has 0 aromatic carbocycles. The molecule has 0 saturated heterocycles. The molecule has 1 aromatic heterocycles. The second-order valence-corrected chi connectivity index (χ2v) is 7.99. The van der Waals surface area contributed by atoms with Crippen molar-refractivity contribution in [3.8, 4) is 0 Å². The van der Waals surface area contributed by atoms with Crippen molar-refractivity contribution in [2.24, 2.45) is 7.05 Å². The van der Waals surface area contributed by atoms with Crippen molar-refractivity contribution in [1.82, 2.24) is 14.3 Å². The van der Waals surface area contributed by atoms with Crippen molar-refractivity contribution in [2.45, 2.75) is 11.9 Å². The molecule has 0 aliphatic carbocycles. The van der Waals surface area contributed by atoms with Crippen LogP contribution in [0.1, 0.15) is 5.82 Å². The maximum atomic E-state index is 11.7. The van der Waals surface area contributed by atoms with Crippen molar-refractivity contribution in [2.75, 3.05) is 12.3 Å². The fraction of sp³-hybridized carbons (Fsp3) is 0.571. The van der Waals surface area contributed by atoms with Crippen molar-refractivity contribution < 1.29 is 16.8 Å². The first-order valence-corrected chi connectivity index (χ1v) is 8.50. The molecule has 98 valence electrons. The van der Waals surface area contributed by atoms with E-state index in [-0.39, 0.29) is 11.6 Å². The highest BCUT2D eigenvalue weighted by molar-refractivity contribution is 8.13. The number of sulfonamides is 1. The monoisotopic (exact) mass is 301 g/mol. The van der Waals surface area contributed by atoms with E-state index in [9.17, 15) is 16.8 Å². The lowest BCUT2D eigenvalue weighted by atomic mass is 10.7. The van der Waals surface area contributed by atoms with Gasteiger partial charge in [0.1, 0.15) is 5.82 Å². The number of halogens is 1. The van der Waals surface area contributed by atoms with E-state index in [1.165, 1.54) is 6.20 Å². The minimum atomic E-state index is -3.79. The maximum Gasteiger partial charge on any atom is 0.259 e. The zero-order valence-corrected chi connectivity index (χ0v) is 11.6. The highest BCUT2D eigenvalue weighted by atomic mass is 35.7. The second kappa shape index (κ2) is 4.92. The molecule has 10 heteroatoms. The molecule has 0 saturated carbocycles. The summed E-state index contributed by atoms with van der Waals surface area (Å²) in [5.74, 6) is 0.0647. The van der Waals surface area contributed by atoms with E-state index in [1.54, 1.807) is 18.5 Å². The summed E-state index contributed by atoms with van der Waals surface area (Å²) in [6, 6.07) is 0. The lowest BCUT2D eigenvalue weighted by Gasteiger charge is -2.01. The molecule has 7 nitrogen and oxygen atoms in total. The minimum Gasteiger partial charge on any atom is -0.337 e. The number of nitrogens with zero attached hydrogens (tertiary/aromatic N) is 2. The Kier molecular flexibility index (Phi) is 4.18. The van der Waals surface area contributed by atoms with Crippen LogP contribution in [0.15, 0.2) is 11.2 Å². The summed E-state index contributed by atoms with van der Waals surface area (Å²) < 4.78 is 48.2. The Balaban J connectivity index is 2.76. The van der Waals surface area contributed by atoms with Gasteiger partial charge < -0.3 is 4.57 Å². The van der Waals surface area contributed by atoms with Crippen LogP contribution in [0.3, 0.4) is 0 Å². The Morgan fingerprint density at radius 3 is 2.41 bits per heavy atom. The van der Waals surface area contributed by atoms with E-state index >= 15 is 0 Å². The SMILES string of the molecule is Cc1nc(S(=O)(=O)NCCS(=O)(=O)Cl)cn1C. The van der Waals surface area contributed by atoms with Crippen LogP contribution in [0.25, 0.3) is 0 Å². The van der Waals surface area contributed by atoms with E-state index in [4.69, 9.17) is 10.7 Å². The predicted octanol–water partition coefficient (Wildman–Crippen LogP) is -0.425. The Hall–Kier alpha value is -0.640. The van der Waals surface area contributed by atoms with Gasteiger partial charge in [0.2, 0.25) is 9.05 Å². The molecule has 1 N–H and O–H groups in total. The largest absolute Gasteiger partial charge is 0.337 e. The molecule has 0 radical (unpaired) electrons. The average Bonchev–Trinajstić information content (AvgIpc) is 2.45. The van der Waals surface area contributed by atoms with Crippen LogP contribution in [0, 0.1) is 6.92 Å². The number of aromatic nitrogens is 2. The highest BCUT2D eigenvalue weighted by Gasteiger charge is 2.18. The lowest BCUT2D eigenvalue weighted by Crippen LogP contribution is -2.28. The van der Waals surface area contributed by atoms with Crippen LogP contribution >= 0.6 is 10.7 Å². The molecule has 1 rings (SSSR count).